The number of hydrogen-bond acceptors (Lipinski definition) is 1. The highest BCUT2D eigenvalue weighted by molar-refractivity contribution is 5.18. The second-order valence-electron chi connectivity index (χ2n) is 3.67. The van der Waals surface area contributed by atoms with Gasteiger partial charge in [-0.1, -0.05) is 36.3 Å². The van der Waals surface area contributed by atoms with E-state index in [0.29, 0.717) is 12.1 Å². The monoisotopic (exact) mass is 205 g/mol. The van der Waals surface area contributed by atoms with Crippen molar-refractivity contribution in [3.8, 4) is 12.3 Å². The maximum absolute atomic E-state index is 14.0. The van der Waals surface area contributed by atoms with E-state index in [0.717, 1.165) is 0 Å². The molecule has 1 nitrogen and oxygen atoms in total. The van der Waals surface area contributed by atoms with Gasteiger partial charge in [-0.15, -0.1) is 6.42 Å². The number of rotatable bonds is 4. The third-order valence-electron chi connectivity index (χ3n) is 2.58. The van der Waals surface area contributed by atoms with Gasteiger partial charge >= 0.3 is 0 Å². The highest BCUT2D eigenvalue weighted by atomic mass is 19.1. The van der Waals surface area contributed by atoms with Crippen LogP contribution in [0.3, 0.4) is 0 Å². The number of nitrogens with zero attached hydrogens (tertiary/aromatic N) is 1. The summed E-state index contributed by atoms with van der Waals surface area (Å²) < 4.78 is 14.0. The first kappa shape index (κ1) is 11.7. The molecule has 1 aromatic carbocycles. The second kappa shape index (κ2) is 5.53. The van der Waals surface area contributed by atoms with E-state index < -0.39 is 6.17 Å². The van der Waals surface area contributed by atoms with Crippen molar-refractivity contribution in [3.63, 3.8) is 0 Å². The van der Waals surface area contributed by atoms with Crippen LogP contribution >= 0.6 is 0 Å². The molecule has 0 aliphatic heterocycles. The van der Waals surface area contributed by atoms with Crippen LogP contribution in [0.4, 0.5) is 4.39 Å². The van der Waals surface area contributed by atoms with Gasteiger partial charge in [0.1, 0.15) is 6.17 Å². The average molecular weight is 205 g/mol. The molecule has 0 amide bonds. The van der Waals surface area contributed by atoms with Crippen molar-refractivity contribution in [2.24, 2.45) is 0 Å². The first-order valence-electron chi connectivity index (χ1n) is 4.99. The van der Waals surface area contributed by atoms with E-state index in [9.17, 15) is 4.39 Å². The third kappa shape index (κ3) is 3.07. The van der Waals surface area contributed by atoms with Gasteiger partial charge in [0.05, 0.1) is 6.54 Å². The maximum atomic E-state index is 14.0. The molecule has 0 aliphatic carbocycles. The molecule has 0 bridgehead atoms. The lowest BCUT2D eigenvalue weighted by molar-refractivity contribution is 0.162. The summed E-state index contributed by atoms with van der Waals surface area (Å²) in [5.41, 5.74) is 0.703. The molecule has 80 valence electrons. The van der Waals surface area contributed by atoms with Crippen molar-refractivity contribution in [2.45, 2.75) is 19.1 Å². The molecule has 0 aromatic heterocycles. The Labute approximate surface area is 90.9 Å². The molecule has 2 atom stereocenters. The van der Waals surface area contributed by atoms with E-state index in [2.05, 4.69) is 5.92 Å². The molecule has 0 N–H and O–H groups in total. The van der Waals surface area contributed by atoms with Gasteiger partial charge < -0.3 is 0 Å². The second-order valence-corrected chi connectivity index (χ2v) is 3.67. The predicted molar refractivity (Wildman–Crippen MR) is 61.2 cm³/mol. The summed E-state index contributed by atoms with van der Waals surface area (Å²) in [6.45, 7) is 2.31. The van der Waals surface area contributed by atoms with Gasteiger partial charge in [-0.3, -0.25) is 4.90 Å². The van der Waals surface area contributed by atoms with Crippen LogP contribution in [0.5, 0.6) is 0 Å². The number of terminal acetylenes is 1. The van der Waals surface area contributed by atoms with E-state index >= 15 is 0 Å². The lowest BCUT2D eigenvalue weighted by Gasteiger charge is -2.25. The summed E-state index contributed by atoms with van der Waals surface area (Å²) in [6.07, 6.45) is 4.20. The van der Waals surface area contributed by atoms with E-state index in [1.54, 1.807) is 12.1 Å². The lowest BCUT2D eigenvalue weighted by Crippen LogP contribution is -2.33. The van der Waals surface area contributed by atoms with Gasteiger partial charge in [0.2, 0.25) is 0 Å². The highest BCUT2D eigenvalue weighted by Crippen LogP contribution is 2.23. The molecule has 0 fully saturated rings. The molecule has 1 aromatic rings. The SMILES string of the molecule is C#CCN(C)[C@H](C)[C@@H](F)c1ccccc1. The summed E-state index contributed by atoms with van der Waals surface area (Å²) in [5, 5.41) is 0. The molecule has 0 saturated heterocycles. The van der Waals surface area contributed by atoms with Crippen LogP contribution in [0, 0.1) is 12.3 Å². The average Bonchev–Trinajstić information content (AvgIpc) is 2.28. The van der Waals surface area contributed by atoms with Crippen molar-refractivity contribution in [3.05, 3.63) is 35.9 Å². The first-order chi connectivity index (χ1) is 7.16. The smallest absolute Gasteiger partial charge is 0.140 e. The largest absolute Gasteiger partial charge is 0.289 e. The number of hydrogen-bond donors (Lipinski definition) is 0. The summed E-state index contributed by atoms with van der Waals surface area (Å²) in [6, 6.07) is 8.96. The Hall–Kier alpha value is -1.33. The summed E-state index contributed by atoms with van der Waals surface area (Å²) in [4.78, 5) is 1.83. The van der Waals surface area contributed by atoms with Crippen LogP contribution in [0.15, 0.2) is 30.3 Å². The minimum Gasteiger partial charge on any atom is -0.289 e. The molecule has 0 saturated carbocycles. The van der Waals surface area contributed by atoms with Crippen LogP contribution in [-0.4, -0.2) is 24.5 Å². The summed E-state index contributed by atoms with van der Waals surface area (Å²) >= 11 is 0. The van der Waals surface area contributed by atoms with Gasteiger partial charge in [0.25, 0.3) is 0 Å². The fourth-order valence-corrected chi connectivity index (χ4v) is 1.43. The van der Waals surface area contributed by atoms with Crippen LogP contribution in [0.25, 0.3) is 0 Å². The fraction of sp³-hybridized carbons (Fsp3) is 0.385. The Balaban J connectivity index is 2.69. The zero-order valence-electron chi connectivity index (χ0n) is 9.15. The van der Waals surface area contributed by atoms with Crippen LogP contribution < -0.4 is 0 Å². The minimum atomic E-state index is -0.996. The number of alkyl halides is 1. The van der Waals surface area contributed by atoms with Gasteiger partial charge in [0.15, 0.2) is 0 Å². The molecule has 0 spiro atoms. The van der Waals surface area contributed by atoms with Crippen LogP contribution in [0.1, 0.15) is 18.7 Å². The molecule has 2 heteroatoms. The van der Waals surface area contributed by atoms with E-state index in [-0.39, 0.29) is 6.04 Å². The Morgan fingerprint density at radius 2 is 2.00 bits per heavy atom. The van der Waals surface area contributed by atoms with Gasteiger partial charge in [-0.25, -0.2) is 4.39 Å². The zero-order valence-corrected chi connectivity index (χ0v) is 9.15. The fourth-order valence-electron chi connectivity index (χ4n) is 1.43. The molecule has 0 aliphatic rings. The van der Waals surface area contributed by atoms with Crippen LogP contribution in [0.2, 0.25) is 0 Å². The van der Waals surface area contributed by atoms with E-state index in [4.69, 9.17) is 6.42 Å². The quantitative estimate of drug-likeness (QED) is 0.683. The predicted octanol–water partition coefficient (Wildman–Crippen LogP) is 2.65. The van der Waals surface area contributed by atoms with Crippen molar-refractivity contribution < 1.29 is 4.39 Å². The summed E-state index contributed by atoms with van der Waals surface area (Å²) in [7, 11) is 1.83. The van der Waals surface area contributed by atoms with E-state index in [1.807, 2.05) is 37.1 Å². The molecule has 15 heavy (non-hydrogen) atoms. The molecule has 0 unspecified atom stereocenters. The molecular formula is C13H16FN. The maximum Gasteiger partial charge on any atom is 0.140 e. The number of benzene rings is 1. The zero-order chi connectivity index (χ0) is 11.3. The van der Waals surface area contributed by atoms with Gasteiger partial charge in [0, 0.05) is 6.04 Å². The summed E-state index contributed by atoms with van der Waals surface area (Å²) in [5.74, 6) is 2.51. The normalized spacial score (nSPS) is 14.6. The Kier molecular flexibility index (Phi) is 4.33. The first-order valence-corrected chi connectivity index (χ1v) is 4.99. The van der Waals surface area contributed by atoms with Crippen molar-refractivity contribution in [1.29, 1.82) is 0 Å². The van der Waals surface area contributed by atoms with Crippen molar-refractivity contribution in [1.82, 2.24) is 4.90 Å². The molecular weight excluding hydrogens is 189 g/mol. The Morgan fingerprint density at radius 3 is 2.53 bits per heavy atom. The molecule has 0 radical (unpaired) electrons. The molecule has 0 heterocycles. The minimum absolute atomic E-state index is 0.205. The van der Waals surface area contributed by atoms with Crippen molar-refractivity contribution >= 4 is 0 Å². The van der Waals surface area contributed by atoms with Crippen LogP contribution in [-0.2, 0) is 0 Å². The standard InChI is InChI=1S/C13H16FN/c1-4-10-15(3)11(2)13(14)12-8-6-5-7-9-12/h1,5-9,11,13H,10H2,2-3H3/t11-,13-/m1/s1. The number of halogens is 1. The Morgan fingerprint density at radius 1 is 1.40 bits per heavy atom. The lowest BCUT2D eigenvalue weighted by atomic mass is 10.0. The van der Waals surface area contributed by atoms with Gasteiger partial charge in [-0.05, 0) is 19.5 Å². The third-order valence-corrected chi connectivity index (χ3v) is 2.58. The van der Waals surface area contributed by atoms with Crippen molar-refractivity contribution in [2.75, 3.05) is 13.6 Å². The number of likely N-dealkylation sites (N-methyl/N-ethyl adjacent to an activating group) is 1. The topological polar surface area (TPSA) is 3.24 Å². The Bertz CT molecular complexity index is 328. The van der Waals surface area contributed by atoms with Gasteiger partial charge in [-0.2, -0.15) is 0 Å². The molecule has 1 rings (SSSR count). The highest BCUT2D eigenvalue weighted by Gasteiger charge is 2.21. The van der Waals surface area contributed by atoms with E-state index in [1.165, 1.54) is 0 Å².